The van der Waals surface area contributed by atoms with Crippen molar-refractivity contribution in [1.29, 1.82) is 0 Å². The molecule has 3 rings (SSSR count). The molecule has 5 nitrogen and oxygen atoms in total. The first kappa shape index (κ1) is 17.3. The molecule has 1 fully saturated rings. The van der Waals surface area contributed by atoms with Crippen LogP contribution < -0.4 is 9.62 Å². The number of amides is 1. The number of nitrogens with zero attached hydrogens (tertiary/aromatic N) is 1. The highest BCUT2D eigenvalue weighted by atomic mass is 79.9. The standard InChI is InChI=1S/C16H14BrClN2O3S/c17-11-3-1-4-13(9-11)24(22,23)19-12-6-7-15(14(18)10-12)20-8-2-5-16(20)21/h1,3-4,6-7,9-10,19H,2,5,8H2. The number of anilines is 2. The quantitative estimate of drug-likeness (QED) is 0.798. The van der Waals surface area contributed by atoms with Crippen molar-refractivity contribution in [2.45, 2.75) is 17.7 Å². The molecule has 0 saturated carbocycles. The van der Waals surface area contributed by atoms with Crippen molar-refractivity contribution >= 4 is 54.8 Å². The Morgan fingerprint density at radius 3 is 2.58 bits per heavy atom. The summed E-state index contributed by atoms with van der Waals surface area (Å²) in [5.74, 6) is 0.0272. The fourth-order valence-corrected chi connectivity index (χ4v) is 4.47. The van der Waals surface area contributed by atoms with Crippen molar-refractivity contribution in [3.8, 4) is 0 Å². The average Bonchev–Trinajstić information content (AvgIpc) is 2.93. The second kappa shape index (κ2) is 6.74. The van der Waals surface area contributed by atoms with Crippen LogP contribution in [0.5, 0.6) is 0 Å². The minimum atomic E-state index is -3.71. The van der Waals surface area contributed by atoms with Crippen molar-refractivity contribution in [2.24, 2.45) is 0 Å². The van der Waals surface area contributed by atoms with Gasteiger partial charge in [0.2, 0.25) is 5.91 Å². The molecule has 1 saturated heterocycles. The molecule has 1 aliphatic heterocycles. The Bertz CT molecular complexity index is 902. The van der Waals surface area contributed by atoms with Crippen LogP contribution in [0.4, 0.5) is 11.4 Å². The van der Waals surface area contributed by atoms with Gasteiger partial charge in [0.05, 0.1) is 21.3 Å². The third-order valence-corrected chi connectivity index (χ3v) is 5.85. The smallest absolute Gasteiger partial charge is 0.261 e. The molecular weight excluding hydrogens is 416 g/mol. The molecule has 8 heteroatoms. The predicted molar refractivity (Wildman–Crippen MR) is 98.0 cm³/mol. The summed E-state index contributed by atoms with van der Waals surface area (Å²) in [5, 5.41) is 0.333. The van der Waals surface area contributed by atoms with E-state index >= 15 is 0 Å². The molecule has 24 heavy (non-hydrogen) atoms. The fraction of sp³-hybridized carbons (Fsp3) is 0.188. The van der Waals surface area contributed by atoms with E-state index in [2.05, 4.69) is 20.7 Å². The summed E-state index contributed by atoms with van der Waals surface area (Å²) >= 11 is 9.49. The molecule has 0 spiro atoms. The summed E-state index contributed by atoms with van der Waals surface area (Å²) in [7, 11) is -3.71. The number of hydrogen-bond acceptors (Lipinski definition) is 3. The molecule has 0 radical (unpaired) electrons. The zero-order valence-electron chi connectivity index (χ0n) is 12.5. The van der Waals surface area contributed by atoms with Crippen LogP contribution >= 0.6 is 27.5 Å². The van der Waals surface area contributed by atoms with Crippen molar-refractivity contribution in [3.05, 3.63) is 52.0 Å². The number of rotatable bonds is 4. The number of carbonyl (C=O) groups excluding carboxylic acids is 1. The Labute approximate surface area is 153 Å². The molecule has 2 aromatic rings. The maximum atomic E-state index is 12.4. The number of halogens is 2. The van der Waals surface area contributed by atoms with Gasteiger partial charge in [0.25, 0.3) is 10.0 Å². The molecule has 1 aliphatic rings. The second-order valence-corrected chi connectivity index (χ2v) is 8.38. The van der Waals surface area contributed by atoms with E-state index in [9.17, 15) is 13.2 Å². The number of carbonyl (C=O) groups is 1. The van der Waals surface area contributed by atoms with Crippen LogP contribution in [0.2, 0.25) is 5.02 Å². The largest absolute Gasteiger partial charge is 0.311 e. The summed E-state index contributed by atoms with van der Waals surface area (Å²) < 4.78 is 28.0. The Morgan fingerprint density at radius 2 is 1.96 bits per heavy atom. The van der Waals surface area contributed by atoms with Crippen LogP contribution in [-0.4, -0.2) is 20.9 Å². The lowest BCUT2D eigenvalue weighted by Gasteiger charge is -2.18. The van der Waals surface area contributed by atoms with Gasteiger partial charge in [0, 0.05) is 17.4 Å². The van der Waals surface area contributed by atoms with Gasteiger partial charge in [-0.25, -0.2) is 8.42 Å². The summed E-state index contributed by atoms with van der Waals surface area (Å²) in [6.07, 6.45) is 1.31. The molecule has 0 bridgehead atoms. The molecule has 0 unspecified atom stereocenters. The first-order chi connectivity index (χ1) is 11.4. The van der Waals surface area contributed by atoms with Crippen molar-refractivity contribution in [2.75, 3.05) is 16.2 Å². The highest BCUT2D eigenvalue weighted by Crippen LogP contribution is 2.32. The zero-order chi connectivity index (χ0) is 17.3. The van der Waals surface area contributed by atoms with Crippen molar-refractivity contribution < 1.29 is 13.2 Å². The summed E-state index contributed by atoms with van der Waals surface area (Å²) in [6, 6.07) is 11.2. The molecular formula is C16H14BrClN2O3S. The van der Waals surface area contributed by atoms with Gasteiger partial charge in [-0.05, 0) is 42.8 Å². The number of sulfonamides is 1. The van der Waals surface area contributed by atoms with Crippen LogP contribution in [0, 0.1) is 0 Å². The van der Waals surface area contributed by atoms with E-state index in [1.165, 1.54) is 18.2 Å². The highest BCUT2D eigenvalue weighted by Gasteiger charge is 2.24. The number of nitrogens with one attached hydrogen (secondary N) is 1. The third kappa shape index (κ3) is 3.58. The highest BCUT2D eigenvalue weighted by molar-refractivity contribution is 9.10. The first-order valence-electron chi connectivity index (χ1n) is 7.25. The maximum absolute atomic E-state index is 12.4. The summed E-state index contributed by atoms with van der Waals surface area (Å²) in [4.78, 5) is 13.6. The predicted octanol–water partition coefficient (Wildman–Crippen LogP) is 4.03. The number of benzene rings is 2. The van der Waals surface area contributed by atoms with E-state index in [0.29, 0.717) is 33.8 Å². The van der Waals surface area contributed by atoms with Crippen LogP contribution in [0.3, 0.4) is 0 Å². The molecule has 1 amide bonds. The van der Waals surface area contributed by atoms with Gasteiger partial charge in [0.15, 0.2) is 0 Å². The van der Waals surface area contributed by atoms with Gasteiger partial charge >= 0.3 is 0 Å². The van der Waals surface area contributed by atoms with E-state index < -0.39 is 10.0 Å². The monoisotopic (exact) mass is 428 g/mol. The zero-order valence-corrected chi connectivity index (χ0v) is 15.7. The van der Waals surface area contributed by atoms with Crippen LogP contribution in [0.25, 0.3) is 0 Å². The lowest BCUT2D eigenvalue weighted by atomic mass is 10.2. The molecule has 126 valence electrons. The van der Waals surface area contributed by atoms with Gasteiger partial charge in [-0.2, -0.15) is 0 Å². The fourth-order valence-electron chi connectivity index (χ4n) is 2.54. The maximum Gasteiger partial charge on any atom is 0.261 e. The lowest BCUT2D eigenvalue weighted by molar-refractivity contribution is -0.117. The molecule has 0 aliphatic carbocycles. The van der Waals surface area contributed by atoms with Crippen LogP contribution in [-0.2, 0) is 14.8 Å². The minimum Gasteiger partial charge on any atom is -0.311 e. The molecule has 2 aromatic carbocycles. The minimum absolute atomic E-state index is 0.0272. The first-order valence-corrected chi connectivity index (χ1v) is 9.90. The number of hydrogen-bond donors (Lipinski definition) is 1. The summed E-state index contributed by atoms with van der Waals surface area (Å²) in [5.41, 5.74) is 0.944. The summed E-state index contributed by atoms with van der Waals surface area (Å²) in [6.45, 7) is 0.627. The van der Waals surface area contributed by atoms with Crippen molar-refractivity contribution in [1.82, 2.24) is 0 Å². The third-order valence-electron chi connectivity index (χ3n) is 3.67. The molecule has 0 atom stereocenters. The SMILES string of the molecule is O=C1CCCN1c1ccc(NS(=O)(=O)c2cccc(Br)c2)cc1Cl. The van der Waals surface area contributed by atoms with Gasteiger partial charge in [-0.1, -0.05) is 33.6 Å². The van der Waals surface area contributed by atoms with E-state index in [1.54, 1.807) is 29.2 Å². The van der Waals surface area contributed by atoms with Crippen LogP contribution in [0.1, 0.15) is 12.8 Å². The Balaban J connectivity index is 1.86. The normalized spacial score (nSPS) is 14.9. The van der Waals surface area contributed by atoms with E-state index in [0.717, 1.165) is 6.42 Å². The van der Waals surface area contributed by atoms with Gasteiger partial charge in [-0.3, -0.25) is 9.52 Å². The van der Waals surface area contributed by atoms with Gasteiger partial charge in [-0.15, -0.1) is 0 Å². The lowest BCUT2D eigenvalue weighted by Crippen LogP contribution is -2.24. The Kier molecular flexibility index (Phi) is 4.85. The van der Waals surface area contributed by atoms with E-state index in [4.69, 9.17) is 11.6 Å². The molecule has 0 aromatic heterocycles. The topological polar surface area (TPSA) is 66.5 Å². The molecule has 1 N–H and O–H groups in total. The Morgan fingerprint density at radius 1 is 1.17 bits per heavy atom. The van der Waals surface area contributed by atoms with Crippen molar-refractivity contribution in [3.63, 3.8) is 0 Å². The van der Waals surface area contributed by atoms with E-state index in [1.807, 2.05) is 0 Å². The van der Waals surface area contributed by atoms with E-state index in [-0.39, 0.29) is 10.8 Å². The van der Waals surface area contributed by atoms with Crippen LogP contribution in [0.15, 0.2) is 51.8 Å². The van der Waals surface area contributed by atoms with Gasteiger partial charge in [0.1, 0.15) is 0 Å². The second-order valence-electron chi connectivity index (χ2n) is 5.38. The average molecular weight is 430 g/mol. The Hall–Kier alpha value is -1.57. The van der Waals surface area contributed by atoms with Gasteiger partial charge < -0.3 is 4.90 Å². The molecule has 1 heterocycles.